The minimum Gasteiger partial charge on any atom is -0.303 e. The van der Waals surface area contributed by atoms with Crippen LogP contribution in [0.1, 0.15) is 41.9 Å². The van der Waals surface area contributed by atoms with Gasteiger partial charge >= 0.3 is 0 Å². The molecule has 0 bridgehead atoms. The number of benzene rings is 2. The summed E-state index contributed by atoms with van der Waals surface area (Å²) in [5, 5.41) is 0. The third-order valence-electron chi connectivity index (χ3n) is 4.84. The van der Waals surface area contributed by atoms with Crippen molar-refractivity contribution < 1.29 is 0 Å². The van der Waals surface area contributed by atoms with Crippen LogP contribution in [0.5, 0.6) is 0 Å². The van der Waals surface area contributed by atoms with Crippen molar-refractivity contribution in [2.24, 2.45) is 0 Å². The standard InChI is InChI=1S/C20H25N/c1-3-21-13-12-19(17-9-5-4-6-10-17)20(15-21)18-11-7-8-16(2)14-18/h4-11,14,19-20H,3,12-13,15H2,1-2H3/t19-,20-/m0/s1. The van der Waals surface area contributed by atoms with E-state index in [-0.39, 0.29) is 0 Å². The van der Waals surface area contributed by atoms with Gasteiger partial charge in [-0.3, -0.25) is 0 Å². The Hall–Kier alpha value is -1.60. The lowest BCUT2D eigenvalue weighted by molar-refractivity contribution is 0.198. The lowest BCUT2D eigenvalue weighted by atomic mass is 9.76. The highest BCUT2D eigenvalue weighted by molar-refractivity contribution is 5.32. The van der Waals surface area contributed by atoms with Crippen LogP contribution in [0.15, 0.2) is 54.6 Å². The molecule has 1 saturated heterocycles. The van der Waals surface area contributed by atoms with Gasteiger partial charge in [-0.25, -0.2) is 0 Å². The Balaban J connectivity index is 1.94. The molecular weight excluding hydrogens is 254 g/mol. The van der Waals surface area contributed by atoms with E-state index in [0.717, 1.165) is 6.54 Å². The molecule has 0 amide bonds. The van der Waals surface area contributed by atoms with Gasteiger partial charge < -0.3 is 4.90 Å². The van der Waals surface area contributed by atoms with Gasteiger partial charge in [0.2, 0.25) is 0 Å². The fraction of sp³-hybridized carbons (Fsp3) is 0.400. The van der Waals surface area contributed by atoms with E-state index in [1.165, 1.54) is 36.2 Å². The quantitative estimate of drug-likeness (QED) is 0.794. The zero-order chi connectivity index (χ0) is 14.7. The van der Waals surface area contributed by atoms with Crippen molar-refractivity contribution in [3.05, 3.63) is 71.3 Å². The van der Waals surface area contributed by atoms with Gasteiger partial charge in [0.05, 0.1) is 0 Å². The minimum absolute atomic E-state index is 0.612. The van der Waals surface area contributed by atoms with Crippen LogP contribution >= 0.6 is 0 Å². The Morgan fingerprint density at radius 3 is 2.43 bits per heavy atom. The first-order chi connectivity index (χ1) is 10.3. The molecule has 1 fully saturated rings. The molecule has 2 atom stereocenters. The molecule has 0 unspecified atom stereocenters. The number of aryl methyl sites for hydroxylation is 1. The third kappa shape index (κ3) is 3.19. The van der Waals surface area contributed by atoms with Gasteiger partial charge in [-0.05, 0) is 43.5 Å². The predicted molar refractivity (Wildman–Crippen MR) is 89.8 cm³/mol. The summed E-state index contributed by atoms with van der Waals surface area (Å²) >= 11 is 0. The molecule has 2 aromatic rings. The minimum atomic E-state index is 0.612. The summed E-state index contributed by atoms with van der Waals surface area (Å²) in [5.41, 5.74) is 4.37. The number of likely N-dealkylation sites (tertiary alicyclic amines) is 1. The molecule has 0 aliphatic carbocycles. The monoisotopic (exact) mass is 279 g/mol. The fourth-order valence-electron chi connectivity index (χ4n) is 3.64. The Kier molecular flexibility index (Phi) is 4.40. The van der Waals surface area contributed by atoms with Gasteiger partial charge in [-0.1, -0.05) is 67.1 Å². The third-order valence-corrected chi connectivity index (χ3v) is 4.84. The molecular formula is C20H25N. The SMILES string of the molecule is CCN1CC[C@@H](c2ccccc2)[C@H](c2cccc(C)c2)C1. The van der Waals surface area contributed by atoms with Crippen LogP contribution in [0.3, 0.4) is 0 Å². The van der Waals surface area contributed by atoms with E-state index in [2.05, 4.69) is 73.3 Å². The van der Waals surface area contributed by atoms with Gasteiger partial charge in [0.15, 0.2) is 0 Å². The van der Waals surface area contributed by atoms with Crippen LogP contribution in [-0.4, -0.2) is 24.5 Å². The van der Waals surface area contributed by atoms with Crippen LogP contribution < -0.4 is 0 Å². The van der Waals surface area contributed by atoms with Crippen LogP contribution in [0.4, 0.5) is 0 Å². The molecule has 2 aromatic carbocycles. The zero-order valence-electron chi connectivity index (χ0n) is 13.1. The number of piperidine rings is 1. The topological polar surface area (TPSA) is 3.24 Å². The van der Waals surface area contributed by atoms with E-state index in [1.807, 2.05) is 0 Å². The van der Waals surface area contributed by atoms with Crippen molar-refractivity contribution in [2.75, 3.05) is 19.6 Å². The van der Waals surface area contributed by atoms with Crippen LogP contribution in [0.2, 0.25) is 0 Å². The predicted octanol–water partition coefficient (Wildman–Crippen LogP) is 4.59. The molecule has 0 spiro atoms. The molecule has 110 valence electrons. The van der Waals surface area contributed by atoms with E-state index in [9.17, 15) is 0 Å². The average molecular weight is 279 g/mol. The second kappa shape index (κ2) is 6.44. The number of likely N-dealkylation sites (N-methyl/N-ethyl adjacent to an activating group) is 1. The summed E-state index contributed by atoms with van der Waals surface area (Å²) in [6.45, 7) is 8.03. The van der Waals surface area contributed by atoms with Crippen LogP contribution in [-0.2, 0) is 0 Å². The largest absolute Gasteiger partial charge is 0.303 e. The first-order valence-corrected chi connectivity index (χ1v) is 8.12. The summed E-state index contributed by atoms with van der Waals surface area (Å²) in [6, 6.07) is 20.2. The van der Waals surface area contributed by atoms with Crippen molar-refractivity contribution in [1.29, 1.82) is 0 Å². The van der Waals surface area contributed by atoms with Crippen LogP contribution in [0.25, 0.3) is 0 Å². The van der Waals surface area contributed by atoms with E-state index in [0.29, 0.717) is 11.8 Å². The van der Waals surface area contributed by atoms with Crippen molar-refractivity contribution in [1.82, 2.24) is 4.90 Å². The number of hydrogen-bond donors (Lipinski definition) is 0. The summed E-state index contributed by atoms with van der Waals surface area (Å²) in [6.07, 6.45) is 1.26. The normalized spacial score (nSPS) is 23.1. The highest BCUT2D eigenvalue weighted by atomic mass is 15.1. The van der Waals surface area contributed by atoms with Gasteiger partial charge in [-0.2, -0.15) is 0 Å². The second-order valence-corrected chi connectivity index (χ2v) is 6.22. The van der Waals surface area contributed by atoms with Gasteiger partial charge in [-0.15, -0.1) is 0 Å². The lowest BCUT2D eigenvalue weighted by Crippen LogP contribution is -2.38. The molecule has 0 saturated carbocycles. The first-order valence-electron chi connectivity index (χ1n) is 8.12. The number of nitrogens with zero attached hydrogens (tertiary/aromatic N) is 1. The molecule has 0 aromatic heterocycles. The molecule has 21 heavy (non-hydrogen) atoms. The molecule has 1 aliphatic rings. The second-order valence-electron chi connectivity index (χ2n) is 6.22. The Morgan fingerprint density at radius 2 is 1.71 bits per heavy atom. The molecule has 1 heteroatoms. The van der Waals surface area contributed by atoms with E-state index in [1.54, 1.807) is 0 Å². The molecule has 0 radical (unpaired) electrons. The Labute approximate surface area is 128 Å². The molecule has 3 rings (SSSR count). The van der Waals surface area contributed by atoms with Crippen molar-refractivity contribution in [3.63, 3.8) is 0 Å². The zero-order valence-corrected chi connectivity index (χ0v) is 13.1. The van der Waals surface area contributed by atoms with E-state index >= 15 is 0 Å². The molecule has 1 heterocycles. The molecule has 1 nitrogen and oxygen atoms in total. The highest BCUT2D eigenvalue weighted by Crippen LogP contribution is 2.39. The molecule has 1 aliphatic heterocycles. The van der Waals surface area contributed by atoms with Crippen LogP contribution in [0, 0.1) is 6.92 Å². The fourth-order valence-corrected chi connectivity index (χ4v) is 3.64. The van der Waals surface area contributed by atoms with Crippen molar-refractivity contribution >= 4 is 0 Å². The van der Waals surface area contributed by atoms with E-state index in [4.69, 9.17) is 0 Å². The first kappa shape index (κ1) is 14.3. The van der Waals surface area contributed by atoms with Gasteiger partial charge in [0, 0.05) is 12.5 Å². The molecule has 0 N–H and O–H groups in total. The summed E-state index contributed by atoms with van der Waals surface area (Å²) in [5.74, 6) is 1.26. The summed E-state index contributed by atoms with van der Waals surface area (Å²) in [4.78, 5) is 2.59. The van der Waals surface area contributed by atoms with Crippen molar-refractivity contribution in [2.45, 2.75) is 32.1 Å². The number of rotatable bonds is 3. The summed E-state index contributed by atoms with van der Waals surface area (Å²) in [7, 11) is 0. The maximum atomic E-state index is 2.59. The Bertz CT molecular complexity index is 575. The maximum absolute atomic E-state index is 2.59. The summed E-state index contributed by atoms with van der Waals surface area (Å²) < 4.78 is 0. The van der Waals surface area contributed by atoms with E-state index < -0.39 is 0 Å². The Morgan fingerprint density at radius 1 is 0.952 bits per heavy atom. The maximum Gasteiger partial charge on any atom is 0.00561 e. The average Bonchev–Trinajstić information content (AvgIpc) is 2.55. The van der Waals surface area contributed by atoms with Gasteiger partial charge in [0.1, 0.15) is 0 Å². The number of hydrogen-bond acceptors (Lipinski definition) is 1. The lowest BCUT2D eigenvalue weighted by Gasteiger charge is -2.39. The van der Waals surface area contributed by atoms with Gasteiger partial charge in [0.25, 0.3) is 0 Å². The highest BCUT2D eigenvalue weighted by Gasteiger charge is 2.30. The van der Waals surface area contributed by atoms with Crippen molar-refractivity contribution in [3.8, 4) is 0 Å². The smallest absolute Gasteiger partial charge is 0.00561 e.